The van der Waals surface area contributed by atoms with Crippen LogP contribution in [0.4, 0.5) is 0 Å². The minimum Gasteiger partial charge on any atom is -0.316 e. The molecule has 0 spiro atoms. The fraction of sp³-hybridized carbons (Fsp3) is 0.714. The Bertz CT molecular complexity index is 304. The van der Waals surface area contributed by atoms with E-state index in [9.17, 15) is 0 Å². The van der Waals surface area contributed by atoms with Crippen LogP contribution < -0.4 is 5.32 Å². The van der Waals surface area contributed by atoms with E-state index in [1.807, 2.05) is 11.3 Å². The van der Waals surface area contributed by atoms with Gasteiger partial charge in [0.1, 0.15) is 0 Å². The van der Waals surface area contributed by atoms with Crippen LogP contribution in [-0.2, 0) is 6.42 Å². The van der Waals surface area contributed by atoms with Gasteiger partial charge in [0.15, 0.2) is 0 Å². The maximum atomic E-state index is 3.44. The van der Waals surface area contributed by atoms with Gasteiger partial charge in [0.05, 0.1) is 0 Å². The molecule has 0 aromatic carbocycles. The molecule has 1 fully saturated rings. The molecule has 1 aromatic heterocycles. The highest BCUT2D eigenvalue weighted by molar-refractivity contribution is 7.09. The van der Waals surface area contributed by atoms with Crippen LogP contribution in [-0.4, -0.2) is 37.6 Å². The van der Waals surface area contributed by atoms with Crippen LogP contribution in [0.25, 0.3) is 0 Å². The summed E-state index contributed by atoms with van der Waals surface area (Å²) in [6, 6.07) is 5.05. The Hall–Kier alpha value is -0.380. The highest BCUT2D eigenvalue weighted by Gasteiger charge is 2.16. The van der Waals surface area contributed by atoms with Crippen LogP contribution >= 0.6 is 11.3 Å². The summed E-state index contributed by atoms with van der Waals surface area (Å²) in [5.41, 5.74) is 0. The van der Waals surface area contributed by atoms with Gasteiger partial charge >= 0.3 is 0 Å². The molecular formula is C14H24N2S. The number of hydrogen-bond donors (Lipinski definition) is 1. The molecule has 1 aromatic rings. The molecule has 2 nitrogen and oxygen atoms in total. The van der Waals surface area contributed by atoms with Crippen molar-refractivity contribution in [2.24, 2.45) is 5.92 Å². The predicted octanol–water partition coefficient (Wildman–Crippen LogP) is 2.61. The van der Waals surface area contributed by atoms with Crippen LogP contribution in [0.1, 0.15) is 24.6 Å². The van der Waals surface area contributed by atoms with Crippen LogP contribution in [0.2, 0.25) is 0 Å². The number of nitrogens with one attached hydrogen (secondary N) is 1. The topological polar surface area (TPSA) is 15.3 Å². The normalized spacial score (nSPS) is 22.2. The highest BCUT2D eigenvalue weighted by atomic mass is 32.1. The van der Waals surface area contributed by atoms with E-state index in [1.165, 1.54) is 43.8 Å². The van der Waals surface area contributed by atoms with Crippen molar-refractivity contribution in [2.45, 2.75) is 32.2 Å². The maximum absolute atomic E-state index is 3.44. The number of hydrogen-bond acceptors (Lipinski definition) is 3. The fourth-order valence-corrected chi connectivity index (χ4v) is 3.27. The molecule has 0 radical (unpaired) electrons. The Morgan fingerprint density at radius 3 is 3.12 bits per heavy atom. The van der Waals surface area contributed by atoms with Gasteiger partial charge < -0.3 is 10.2 Å². The van der Waals surface area contributed by atoms with Crippen molar-refractivity contribution in [1.82, 2.24) is 10.2 Å². The molecule has 2 heterocycles. The summed E-state index contributed by atoms with van der Waals surface area (Å²) in [7, 11) is 2.26. The van der Waals surface area contributed by atoms with E-state index < -0.39 is 0 Å². The summed E-state index contributed by atoms with van der Waals surface area (Å²) in [4.78, 5) is 4.02. The average molecular weight is 252 g/mol. The number of nitrogens with zero attached hydrogens (tertiary/aromatic N) is 1. The highest BCUT2D eigenvalue weighted by Crippen LogP contribution is 2.16. The van der Waals surface area contributed by atoms with E-state index in [-0.39, 0.29) is 0 Å². The van der Waals surface area contributed by atoms with Gasteiger partial charge in [-0.05, 0) is 70.2 Å². The molecule has 0 saturated carbocycles. The number of likely N-dealkylation sites (N-methyl/N-ethyl adjacent to an activating group) is 1. The molecule has 96 valence electrons. The van der Waals surface area contributed by atoms with E-state index in [1.54, 1.807) is 0 Å². The molecular weight excluding hydrogens is 228 g/mol. The standard InChI is InChI=1S/C14H24N2S/c1-12(10-14-4-3-9-17-14)16(2)8-6-13-5-7-15-11-13/h3-4,9,12-13,15H,5-8,10-11H2,1-2H3. The monoisotopic (exact) mass is 252 g/mol. The molecule has 3 heteroatoms. The molecule has 1 N–H and O–H groups in total. The van der Waals surface area contributed by atoms with Gasteiger partial charge in [-0.25, -0.2) is 0 Å². The van der Waals surface area contributed by atoms with Crippen LogP contribution in [0.3, 0.4) is 0 Å². The largest absolute Gasteiger partial charge is 0.316 e. The zero-order chi connectivity index (χ0) is 12.1. The van der Waals surface area contributed by atoms with E-state index >= 15 is 0 Å². The van der Waals surface area contributed by atoms with Gasteiger partial charge in [-0.15, -0.1) is 11.3 Å². The van der Waals surface area contributed by atoms with E-state index in [2.05, 4.69) is 41.7 Å². The first-order valence-corrected chi connectivity index (χ1v) is 7.57. The van der Waals surface area contributed by atoms with Crippen molar-refractivity contribution in [3.63, 3.8) is 0 Å². The Labute approximate surface area is 109 Å². The Kier molecular flexibility index (Phi) is 5.01. The third-order valence-corrected chi connectivity index (χ3v) is 4.78. The molecule has 2 rings (SSSR count). The van der Waals surface area contributed by atoms with E-state index in [4.69, 9.17) is 0 Å². The zero-order valence-corrected chi connectivity index (χ0v) is 11.8. The van der Waals surface area contributed by atoms with E-state index in [0.717, 1.165) is 5.92 Å². The van der Waals surface area contributed by atoms with Crippen LogP contribution in [0.5, 0.6) is 0 Å². The number of thiophene rings is 1. The lowest BCUT2D eigenvalue weighted by Crippen LogP contribution is -2.32. The van der Waals surface area contributed by atoms with Crippen LogP contribution in [0.15, 0.2) is 17.5 Å². The van der Waals surface area contributed by atoms with Crippen molar-refractivity contribution in [3.8, 4) is 0 Å². The molecule has 0 aliphatic carbocycles. The summed E-state index contributed by atoms with van der Waals surface area (Å²) in [6.45, 7) is 6.03. The lowest BCUT2D eigenvalue weighted by molar-refractivity contribution is 0.240. The van der Waals surface area contributed by atoms with Gasteiger partial charge in [0.2, 0.25) is 0 Å². The van der Waals surface area contributed by atoms with Crippen LogP contribution in [0, 0.1) is 5.92 Å². The Morgan fingerprint density at radius 1 is 1.59 bits per heavy atom. The minimum absolute atomic E-state index is 0.656. The van der Waals surface area contributed by atoms with Gasteiger partial charge in [-0.1, -0.05) is 6.07 Å². The number of rotatable bonds is 6. The quantitative estimate of drug-likeness (QED) is 0.837. The first-order valence-electron chi connectivity index (χ1n) is 6.69. The summed E-state index contributed by atoms with van der Waals surface area (Å²) < 4.78 is 0. The second-order valence-electron chi connectivity index (χ2n) is 5.26. The summed E-state index contributed by atoms with van der Waals surface area (Å²) in [5, 5.41) is 5.62. The van der Waals surface area contributed by atoms with Crippen molar-refractivity contribution >= 4 is 11.3 Å². The molecule has 0 amide bonds. The lowest BCUT2D eigenvalue weighted by Gasteiger charge is -2.25. The molecule has 17 heavy (non-hydrogen) atoms. The third-order valence-electron chi connectivity index (χ3n) is 3.88. The molecule has 0 bridgehead atoms. The summed E-state index contributed by atoms with van der Waals surface area (Å²) in [6.07, 6.45) is 3.91. The van der Waals surface area contributed by atoms with Gasteiger partial charge in [0.25, 0.3) is 0 Å². The lowest BCUT2D eigenvalue weighted by atomic mass is 10.0. The SMILES string of the molecule is CC(Cc1cccs1)N(C)CCC1CCNC1. The minimum atomic E-state index is 0.656. The molecule has 2 atom stereocenters. The first-order chi connectivity index (χ1) is 8.25. The summed E-state index contributed by atoms with van der Waals surface area (Å²) >= 11 is 1.88. The second-order valence-corrected chi connectivity index (χ2v) is 6.29. The molecule has 1 saturated heterocycles. The Morgan fingerprint density at radius 2 is 2.47 bits per heavy atom. The molecule has 1 aliphatic heterocycles. The van der Waals surface area contributed by atoms with Gasteiger partial charge in [-0.2, -0.15) is 0 Å². The maximum Gasteiger partial charge on any atom is 0.0112 e. The van der Waals surface area contributed by atoms with Crippen molar-refractivity contribution < 1.29 is 0 Å². The third kappa shape index (κ3) is 4.09. The zero-order valence-electron chi connectivity index (χ0n) is 11.0. The molecule has 2 unspecified atom stereocenters. The predicted molar refractivity (Wildman–Crippen MR) is 75.7 cm³/mol. The van der Waals surface area contributed by atoms with Gasteiger partial charge in [-0.3, -0.25) is 0 Å². The van der Waals surface area contributed by atoms with Crippen molar-refractivity contribution in [1.29, 1.82) is 0 Å². The van der Waals surface area contributed by atoms with E-state index in [0.29, 0.717) is 6.04 Å². The second kappa shape index (κ2) is 6.53. The molecule has 1 aliphatic rings. The average Bonchev–Trinajstić information content (AvgIpc) is 2.98. The summed E-state index contributed by atoms with van der Waals surface area (Å²) in [5.74, 6) is 0.909. The van der Waals surface area contributed by atoms with Crippen molar-refractivity contribution in [3.05, 3.63) is 22.4 Å². The van der Waals surface area contributed by atoms with Crippen molar-refractivity contribution in [2.75, 3.05) is 26.7 Å². The van der Waals surface area contributed by atoms with Gasteiger partial charge in [0, 0.05) is 10.9 Å². The smallest absolute Gasteiger partial charge is 0.0112 e. The Balaban J connectivity index is 1.69. The fourth-order valence-electron chi connectivity index (χ4n) is 2.44. The first kappa shape index (κ1) is 13.1.